The van der Waals surface area contributed by atoms with Crippen molar-refractivity contribution in [3.8, 4) is 0 Å². The van der Waals surface area contributed by atoms with E-state index in [0.29, 0.717) is 19.5 Å². The second kappa shape index (κ2) is 8.17. The van der Waals surface area contributed by atoms with E-state index in [1.54, 1.807) is 23.7 Å². The minimum absolute atomic E-state index is 0.0855. The highest BCUT2D eigenvalue weighted by Crippen LogP contribution is 2.22. The Morgan fingerprint density at radius 2 is 2.04 bits per heavy atom. The van der Waals surface area contributed by atoms with Gasteiger partial charge < -0.3 is 4.90 Å². The van der Waals surface area contributed by atoms with Crippen molar-refractivity contribution in [3.63, 3.8) is 0 Å². The van der Waals surface area contributed by atoms with Crippen molar-refractivity contribution in [1.82, 2.24) is 9.21 Å². The van der Waals surface area contributed by atoms with Gasteiger partial charge in [0.05, 0.1) is 6.26 Å². The number of amides is 1. The number of nitrogens with zero attached hydrogens (tertiary/aromatic N) is 2. The lowest BCUT2D eigenvalue weighted by atomic mass is 10.2. The summed E-state index contributed by atoms with van der Waals surface area (Å²) in [6, 6.07) is 9.64. The van der Waals surface area contributed by atoms with Crippen LogP contribution in [0.5, 0.6) is 0 Å². The molecular weight excluding hydrogens is 332 g/mol. The molecule has 1 saturated heterocycles. The Morgan fingerprint density at radius 1 is 1.35 bits per heavy atom. The molecule has 0 N–H and O–H groups in total. The van der Waals surface area contributed by atoms with E-state index in [4.69, 9.17) is 0 Å². The summed E-state index contributed by atoms with van der Waals surface area (Å²) in [4.78, 5) is 15.4. The van der Waals surface area contributed by atoms with Crippen LogP contribution in [-0.4, -0.2) is 61.7 Å². The first kappa shape index (κ1) is 18.3. The molecule has 5 nitrogen and oxygen atoms in total. The van der Waals surface area contributed by atoms with Crippen molar-refractivity contribution >= 4 is 27.7 Å². The van der Waals surface area contributed by atoms with Gasteiger partial charge in [-0.2, -0.15) is 4.31 Å². The molecule has 1 atom stereocenters. The summed E-state index contributed by atoms with van der Waals surface area (Å²) in [5.41, 5.74) is 0. The summed E-state index contributed by atoms with van der Waals surface area (Å²) >= 11 is 1.77. The van der Waals surface area contributed by atoms with Gasteiger partial charge in [-0.25, -0.2) is 8.42 Å². The summed E-state index contributed by atoms with van der Waals surface area (Å²) in [7, 11) is -1.55. The third-order valence-electron chi connectivity index (χ3n) is 3.94. The van der Waals surface area contributed by atoms with Crippen LogP contribution in [0.4, 0.5) is 0 Å². The molecule has 2 rings (SSSR count). The lowest BCUT2D eigenvalue weighted by molar-refractivity contribution is -0.133. The lowest BCUT2D eigenvalue weighted by Crippen LogP contribution is -2.46. The topological polar surface area (TPSA) is 57.7 Å². The Balaban J connectivity index is 1.79. The summed E-state index contributed by atoms with van der Waals surface area (Å²) < 4.78 is 24.8. The van der Waals surface area contributed by atoms with Gasteiger partial charge in [0.2, 0.25) is 15.9 Å². The maximum atomic E-state index is 12.5. The highest BCUT2D eigenvalue weighted by Gasteiger charge is 2.37. The molecular formula is C16H24N2O3S2. The predicted molar refractivity (Wildman–Crippen MR) is 94.0 cm³/mol. The minimum atomic E-state index is -3.31. The van der Waals surface area contributed by atoms with Crippen LogP contribution in [0.25, 0.3) is 0 Å². The number of sulfonamides is 1. The van der Waals surface area contributed by atoms with Gasteiger partial charge >= 0.3 is 0 Å². The lowest BCUT2D eigenvalue weighted by Gasteiger charge is -2.26. The second-order valence-electron chi connectivity index (χ2n) is 5.81. The van der Waals surface area contributed by atoms with Crippen molar-refractivity contribution in [2.75, 3.05) is 32.1 Å². The Morgan fingerprint density at radius 3 is 2.70 bits per heavy atom. The van der Waals surface area contributed by atoms with Gasteiger partial charge in [0.15, 0.2) is 0 Å². The molecule has 0 radical (unpaired) electrons. The van der Waals surface area contributed by atoms with E-state index in [2.05, 4.69) is 12.1 Å². The Hall–Kier alpha value is -1.05. The van der Waals surface area contributed by atoms with Gasteiger partial charge in [-0.15, -0.1) is 11.8 Å². The molecule has 0 unspecified atom stereocenters. The van der Waals surface area contributed by atoms with Crippen LogP contribution >= 0.6 is 11.8 Å². The van der Waals surface area contributed by atoms with Crippen LogP contribution in [0, 0.1) is 0 Å². The van der Waals surface area contributed by atoms with Gasteiger partial charge in [0.1, 0.15) is 6.04 Å². The van der Waals surface area contributed by atoms with Crippen LogP contribution in [0.15, 0.2) is 35.2 Å². The molecule has 23 heavy (non-hydrogen) atoms. The number of carbonyl (C=O) groups is 1. The van der Waals surface area contributed by atoms with Gasteiger partial charge in [-0.1, -0.05) is 18.2 Å². The quantitative estimate of drug-likeness (QED) is 0.554. The van der Waals surface area contributed by atoms with E-state index >= 15 is 0 Å². The number of benzene rings is 1. The third kappa shape index (κ3) is 5.22. The second-order valence-corrected chi connectivity index (χ2v) is 8.91. The summed E-state index contributed by atoms with van der Waals surface area (Å²) in [5.74, 6) is 0.847. The number of likely N-dealkylation sites (N-methyl/N-ethyl adjacent to an activating group) is 1. The molecule has 1 fully saturated rings. The highest BCUT2D eigenvalue weighted by molar-refractivity contribution is 7.99. The smallest absolute Gasteiger partial charge is 0.240 e. The molecule has 0 bridgehead atoms. The zero-order chi connectivity index (χ0) is 16.9. The Kier molecular flexibility index (Phi) is 6.50. The third-order valence-corrected chi connectivity index (χ3v) is 6.33. The molecule has 7 heteroatoms. The molecule has 0 saturated carbocycles. The van der Waals surface area contributed by atoms with E-state index in [1.165, 1.54) is 15.5 Å². The van der Waals surface area contributed by atoms with Crippen molar-refractivity contribution in [2.45, 2.75) is 30.2 Å². The zero-order valence-corrected chi connectivity index (χ0v) is 15.3. The molecule has 128 valence electrons. The number of carbonyl (C=O) groups excluding carboxylic acids is 1. The summed E-state index contributed by atoms with van der Waals surface area (Å²) in [6.07, 6.45) is 3.43. The first-order valence-corrected chi connectivity index (χ1v) is 10.6. The molecule has 1 aromatic carbocycles. The monoisotopic (exact) mass is 356 g/mol. The van der Waals surface area contributed by atoms with Crippen LogP contribution in [0.1, 0.15) is 19.3 Å². The van der Waals surface area contributed by atoms with Crippen molar-refractivity contribution in [2.24, 2.45) is 0 Å². The summed E-state index contributed by atoms with van der Waals surface area (Å²) in [6.45, 7) is 1.10. The van der Waals surface area contributed by atoms with Crippen molar-refractivity contribution in [3.05, 3.63) is 30.3 Å². The molecule has 0 aliphatic carbocycles. The minimum Gasteiger partial charge on any atom is -0.344 e. The molecule has 1 heterocycles. The van der Waals surface area contributed by atoms with E-state index < -0.39 is 16.1 Å². The van der Waals surface area contributed by atoms with Crippen LogP contribution < -0.4 is 0 Å². The van der Waals surface area contributed by atoms with E-state index in [-0.39, 0.29) is 5.91 Å². The Bertz CT molecular complexity index is 619. The van der Waals surface area contributed by atoms with Gasteiger partial charge in [0.25, 0.3) is 0 Å². The number of hydrogen-bond acceptors (Lipinski definition) is 4. The standard InChI is InChI=1S/C16H24N2O3S2/c1-17(11-7-13-22-14-8-4-3-5-9-14)16(19)15-10-6-12-18(15)23(2,20)21/h3-5,8-9,15H,6-7,10-13H2,1-2H3/t15-/m0/s1. The van der Waals surface area contributed by atoms with Crippen molar-refractivity contribution in [1.29, 1.82) is 0 Å². The average molecular weight is 357 g/mol. The largest absolute Gasteiger partial charge is 0.344 e. The number of rotatable bonds is 7. The molecule has 1 amide bonds. The number of thioether (sulfide) groups is 1. The van der Waals surface area contributed by atoms with E-state index in [0.717, 1.165) is 18.6 Å². The fraction of sp³-hybridized carbons (Fsp3) is 0.562. The fourth-order valence-corrected chi connectivity index (χ4v) is 4.73. The van der Waals surface area contributed by atoms with Crippen LogP contribution in [0.3, 0.4) is 0 Å². The average Bonchev–Trinajstić information content (AvgIpc) is 3.01. The Labute approximate surface area is 143 Å². The molecule has 1 aliphatic rings. The SMILES string of the molecule is CN(CCCSc1ccccc1)C(=O)[C@@H]1CCCN1S(C)(=O)=O. The normalized spacial score (nSPS) is 19.0. The van der Waals surface area contributed by atoms with Gasteiger partial charge in [-0.05, 0) is 37.1 Å². The fourth-order valence-electron chi connectivity index (χ4n) is 2.76. The first-order chi connectivity index (χ1) is 10.9. The number of hydrogen-bond donors (Lipinski definition) is 0. The predicted octanol–water partition coefficient (Wildman–Crippen LogP) is 2.05. The van der Waals surface area contributed by atoms with Crippen LogP contribution in [-0.2, 0) is 14.8 Å². The van der Waals surface area contributed by atoms with E-state index in [9.17, 15) is 13.2 Å². The van der Waals surface area contributed by atoms with Gasteiger partial charge in [0, 0.05) is 25.0 Å². The molecule has 0 aromatic heterocycles. The highest BCUT2D eigenvalue weighted by atomic mass is 32.2. The van der Waals surface area contributed by atoms with Crippen LogP contribution in [0.2, 0.25) is 0 Å². The summed E-state index contributed by atoms with van der Waals surface area (Å²) in [5, 5.41) is 0. The van der Waals surface area contributed by atoms with E-state index in [1.807, 2.05) is 18.2 Å². The van der Waals surface area contributed by atoms with Gasteiger partial charge in [-0.3, -0.25) is 4.79 Å². The maximum absolute atomic E-state index is 12.5. The molecule has 0 spiro atoms. The zero-order valence-electron chi connectivity index (χ0n) is 13.6. The van der Waals surface area contributed by atoms with Crippen molar-refractivity contribution < 1.29 is 13.2 Å². The first-order valence-electron chi connectivity index (χ1n) is 7.79. The molecule has 1 aliphatic heterocycles. The molecule has 1 aromatic rings. The maximum Gasteiger partial charge on any atom is 0.240 e.